The molecule has 1 rings (SSSR count). The van der Waals surface area contributed by atoms with Gasteiger partial charge < -0.3 is 5.32 Å². The lowest BCUT2D eigenvalue weighted by Gasteiger charge is -2.22. The Labute approximate surface area is 79.4 Å². The van der Waals surface area contributed by atoms with Crippen molar-refractivity contribution in [3.05, 3.63) is 0 Å². The van der Waals surface area contributed by atoms with Crippen molar-refractivity contribution in [2.75, 3.05) is 13.1 Å². The maximum absolute atomic E-state index is 11.5. The number of piperidine rings is 1. The van der Waals surface area contributed by atoms with Crippen LogP contribution in [0.3, 0.4) is 0 Å². The normalized spacial score (nSPS) is 19.0. The zero-order valence-corrected chi connectivity index (χ0v) is 8.39. The Hall–Kier alpha value is -0.610. The molecule has 1 amide bonds. The molecule has 4 heteroatoms. The molecule has 0 bridgehead atoms. The minimum absolute atomic E-state index is 0.134. The summed E-state index contributed by atoms with van der Waals surface area (Å²) in [5.41, 5.74) is 5.66. The fourth-order valence-electron chi connectivity index (χ4n) is 1.40. The van der Waals surface area contributed by atoms with E-state index >= 15 is 0 Å². The number of amides is 1. The highest BCUT2D eigenvalue weighted by Gasteiger charge is 2.20. The van der Waals surface area contributed by atoms with E-state index in [1.165, 1.54) is 0 Å². The standard InChI is InChI=1S/C9H19N3O/c1-7(2)11-12-9(13)8-3-5-10-6-4-8/h7-8,10-11H,3-6H2,1-2H3,(H,12,13). The van der Waals surface area contributed by atoms with Crippen LogP contribution in [-0.2, 0) is 4.79 Å². The van der Waals surface area contributed by atoms with Gasteiger partial charge in [0.05, 0.1) is 0 Å². The van der Waals surface area contributed by atoms with Gasteiger partial charge in [-0.25, -0.2) is 5.43 Å². The number of carbonyl (C=O) groups is 1. The molecule has 0 unspecified atom stereocenters. The van der Waals surface area contributed by atoms with Crippen molar-refractivity contribution < 1.29 is 4.79 Å². The molecule has 0 saturated carbocycles. The Morgan fingerprint density at radius 3 is 2.54 bits per heavy atom. The monoisotopic (exact) mass is 185 g/mol. The topological polar surface area (TPSA) is 53.2 Å². The summed E-state index contributed by atoms with van der Waals surface area (Å²) < 4.78 is 0. The summed E-state index contributed by atoms with van der Waals surface area (Å²) in [4.78, 5) is 11.5. The minimum Gasteiger partial charge on any atom is -0.317 e. The van der Waals surface area contributed by atoms with Crippen LogP contribution in [0.2, 0.25) is 0 Å². The number of hydrogen-bond acceptors (Lipinski definition) is 3. The first-order valence-corrected chi connectivity index (χ1v) is 4.96. The van der Waals surface area contributed by atoms with Gasteiger partial charge in [-0.3, -0.25) is 10.2 Å². The Morgan fingerprint density at radius 2 is 2.00 bits per heavy atom. The van der Waals surface area contributed by atoms with Gasteiger partial charge in [-0.05, 0) is 39.8 Å². The molecule has 0 radical (unpaired) electrons. The average Bonchev–Trinajstić information content (AvgIpc) is 2.15. The van der Waals surface area contributed by atoms with Crippen LogP contribution < -0.4 is 16.2 Å². The summed E-state index contributed by atoms with van der Waals surface area (Å²) in [6.45, 7) is 5.92. The molecule has 13 heavy (non-hydrogen) atoms. The highest BCUT2D eigenvalue weighted by Crippen LogP contribution is 2.10. The summed E-state index contributed by atoms with van der Waals surface area (Å²) in [5.74, 6) is 0.322. The second kappa shape index (κ2) is 5.19. The lowest BCUT2D eigenvalue weighted by Crippen LogP contribution is -2.46. The lowest BCUT2D eigenvalue weighted by molar-refractivity contribution is -0.126. The Kier molecular flexibility index (Phi) is 4.18. The van der Waals surface area contributed by atoms with Gasteiger partial charge in [0.2, 0.25) is 5.91 Å². The van der Waals surface area contributed by atoms with Gasteiger partial charge >= 0.3 is 0 Å². The number of hydrazine groups is 1. The summed E-state index contributed by atoms with van der Waals surface area (Å²) in [6, 6.07) is 0.297. The minimum atomic E-state index is 0.134. The van der Waals surface area contributed by atoms with Crippen LogP contribution in [0.25, 0.3) is 0 Å². The van der Waals surface area contributed by atoms with Gasteiger partial charge in [-0.15, -0.1) is 0 Å². The van der Waals surface area contributed by atoms with Gasteiger partial charge in [0.1, 0.15) is 0 Å². The maximum atomic E-state index is 11.5. The second-order valence-electron chi connectivity index (χ2n) is 3.81. The van der Waals surface area contributed by atoms with E-state index in [4.69, 9.17) is 0 Å². The first-order valence-electron chi connectivity index (χ1n) is 4.96. The molecule has 0 aromatic rings. The van der Waals surface area contributed by atoms with Crippen LogP contribution in [0.5, 0.6) is 0 Å². The Morgan fingerprint density at radius 1 is 1.38 bits per heavy atom. The smallest absolute Gasteiger partial charge is 0.237 e. The van der Waals surface area contributed by atoms with Crippen LogP contribution in [0.15, 0.2) is 0 Å². The summed E-state index contributed by atoms with van der Waals surface area (Å²) >= 11 is 0. The molecule has 3 N–H and O–H groups in total. The molecule has 0 aromatic heterocycles. The third kappa shape index (κ3) is 3.74. The number of carbonyl (C=O) groups excluding carboxylic acids is 1. The second-order valence-corrected chi connectivity index (χ2v) is 3.81. The Balaban J connectivity index is 2.21. The van der Waals surface area contributed by atoms with Gasteiger partial charge in [0.25, 0.3) is 0 Å². The zero-order chi connectivity index (χ0) is 9.68. The first kappa shape index (κ1) is 10.5. The van der Waals surface area contributed by atoms with E-state index in [9.17, 15) is 4.79 Å². The predicted octanol–water partition coefficient (Wildman–Crippen LogP) is 0.0152. The van der Waals surface area contributed by atoms with Crippen molar-refractivity contribution >= 4 is 5.91 Å². The van der Waals surface area contributed by atoms with Crippen molar-refractivity contribution in [3.8, 4) is 0 Å². The van der Waals surface area contributed by atoms with Crippen molar-refractivity contribution in [1.82, 2.24) is 16.2 Å². The highest BCUT2D eigenvalue weighted by atomic mass is 16.2. The van der Waals surface area contributed by atoms with Crippen LogP contribution in [0.4, 0.5) is 0 Å². The molecule has 1 fully saturated rings. The van der Waals surface area contributed by atoms with Crippen molar-refractivity contribution in [1.29, 1.82) is 0 Å². The molecule has 1 aliphatic heterocycles. The largest absolute Gasteiger partial charge is 0.317 e. The number of hydrogen-bond donors (Lipinski definition) is 3. The maximum Gasteiger partial charge on any atom is 0.237 e. The molecule has 4 nitrogen and oxygen atoms in total. The quantitative estimate of drug-likeness (QED) is 0.543. The van der Waals surface area contributed by atoms with Gasteiger partial charge in [-0.1, -0.05) is 0 Å². The van der Waals surface area contributed by atoms with E-state index < -0.39 is 0 Å². The molecule has 1 aliphatic rings. The third-order valence-electron chi connectivity index (χ3n) is 2.19. The Bertz CT molecular complexity index is 164. The van der Waals surface area contributed by atoms with E-state index in [0.29, 0.717) is 6.04 Å². The summed E-state index contributed by atoms with van der Waals surface area (Å²) in [6.07, 6.45) is 1.90. The SMILES string of the molecule is CC(C)NNC(=O)C1CCNCC1. The van der Waals surface area contributed by atoms with Crippen LogP contribution >= 0.6 is 0 Å². The molecule has 0 spiro atoms. The number of nitrogens with one attached hydrogen (secondary N) is 3. The molecular weight excluding hydrogens is 166 g/mol. The number of rotatable bonds is 3. The van der Waals surface area contributed by atoms with E-state index in [2.05, 4.69) is 16.2 Å². The van der Waals surface area contributed by atoms with Gasteiger partial charge in [-0.2, -0.15) is 0 Å². The van der Waals surface area contributed by atoms with Crippen LogP contribution in [0.1, 0.15) is 26.7 Å². The molecular formula is C9H19N3O. The van der Waals surface area contributed by atoms with Crippen molar-refractivity contribution in [3.63, 3.8) is 0 Å². The fraction of sp³-hybridized carbons (Fsp3) is 0.889. The van der Waals surface area contributed by atoms with Crippen LogP contribution in [-0.4, -0.2) is 25.0 Å². The molecule has 0 aromatic carbocycles. The van der Waals surface area contributed by atoms with Crippen molar-refractivity contribution in [2.45, 2.75) is 32.7 Å². The molecule has 1 saturated heterocycles. The molecule has 0 aliphatic carbocycles. The van der Waals surface area contributed by atoms with Gasteiger partial charge in [0.15, 0.2) is 0 Å². The molecule has 0 atom stereocenters. The average molecular weight is 185 g/mol. The zero-order valence-electron chi connectivity index (χ0n) is 8.39. The first-order chi connectivity index (χ1) is 6.20. The lowest BCUT2D eigenvalue weighted by atomic mass is 9.98. The fourth-order valence-corrected chi connectivity index (χ4v) is 1.40. The highest BCUT2D eigenvalue weighted by molar-refractivity contribution is 5.78. The van der Waals surface area contributed by atoms with E-state index in [-0.39, 0.29) is 11.8 Å². The van der Waals surface area contributed by atoms with E-state index in [0.717, 1.165) is 25.9 Å². The van der Waals surface area contributed by atoms with Gasteiger partial charge in [0, 0.05) is 12.0 Å². The van der Waals surface area contributed by atoms with E-state index in [1.807, 2.05) is 13.8 Å². The van der Waals surface area contributed by atoms with E-state index in [1.54, 1.807) is 0 Å². The predicted molar refractivity (Wildman–Crippen MR) is 52.0 cm³/mol. The molecule has 76 valence electrons. The summed E-state index contributed by atoms with van der Waals surface area (Å²) in [7, 11) is 0. The van der Waals surface area contributed by atoms with Crippen LogP contribution in [0, 0.1) is 5.92 Å². The summed E-state index contributed by atoms with van der Waals surface area (Å²) in [5, 5.41) is 3.23. The third-order valence-corrected chi connectivity index (χ3v) is 2.19. The molecule has 1 heterocycles. The van der Waals surface area contributed by atoms with Crippen molar-refractivity contribution in [2.24, 2.45) is 5.92 Å².